The molecule has 1 aromatic rings. The van der Waals surface area contributed by atoms with Gasteiger partial charge in [-0.3, -0.25) is 0 Å². The van der Waals surface area contributed by atoms with Crippen LogP contribution in [0, 0.1) is 23.5 Å². The summed E-state index contributed by atoms with van der Waals surface area (Å²) in [4.78, 5) is 0. The molecular formula is C21H29NO2. The van der Waals surface area contributed by atoms with Crippen LogP contribution in [0.25, 0.3) is 5.76 Å². The van der Waals surface area contributed by atoms with Crippen LogP contribution in [-0.2, 0) is 4.74 Å². The van der Waals surface area contributed by atoms with Crippen LogP contribution in [0.1, 0.15) is 70.8 Å². The lowest BCUT2D eigenvalue weighted by Gasteiger charge is -2.11. The van der Waals surface area contributed by atoms with Crippen LogP contribution in [0.2, 0.25) is 0 Å². The summed E-state index contributed by atoms with van der Waals surface area (Å²) in [6, 6.07) is 10.6. The number of unbranched alkanes of at least 4 members (excludes halogenated alkanes) is 6. The van der Waals surface area contributed by atoms with Crippen LogP contribution in [0.5, 0.6) is 5.75 Å². The molecule has 24 heavy (non-hydrogen) atoms. The van der Waals surface area contributed by atoms with Crippen molar-refractivity contribution in [3.63, 3.8) is 0 Å². The van der Waals surface area contributed by atoms with E-state index in [-0.39, 0.29) is 0 Å². The van der Waals surface area contributed by atoms with E-state index in [0.29, 0.717) is 24.7 Å². The van der Waals surface area contributed by atoms with Crippen molar-refractivity contribution < 1.29 is 9.47 Å². The Morgan fingerprint density at radius 3 is 2.42 bits per heavy atom. The zero-order valence-electron chi connectivity index (χ0n) is 15.1. The second kappa shape index (κ2) is 13.5. The average Bonchev–Trinajstić information content (AvgIpc) is 2.61. The predicted molar refractivity (Wildman–Crippen MR) is 97.3 cm³/mol. The SMILES string of the molecule is CCCCCCOC(=[C]C#N)c1cc[c]c(OCCCCCC)c1. The predicted octanol–water partition coefficient (Wildman–Crippen LogP) is 5.71. The maximum atomic E-state index is 8.93. The summed E-state index contributed by atoms with van der Waals surface area (Å²) < 4.78 is 11.5. The first-order valence-corrected chi connectivity index (χ1v) is 9.11. The highest BCUT2D eigenvalue weighted by Crippen LogP contribution is 2.21. The standard InChI is InChI=1S/C21H29NO2/c1-3-5-7-9-16-23-20-13-11-12-19(18-20)21(14-15-22)24-17-10-8-6-4-2/h11-12,18H,3-10,16-17H2,1-2H3. The van der Waals surface area contributed by atoms with E-state index in [1.54, 1.807) is 6.07 Å². The number of nitriles is 1. The molecule has 0 atom stereocenters. The molecule has 0 N–H and O–H groups in total. The molecule has 0 unspecified atom stereocenters. The first kappa shape index (κ1) is 20.1. The third-order valence-corrected chi connectivity index (χ3v) is 3.71. The van der Waals surface area contributed by atoms with Gasteiger partial charge in [0.2, 0.25) is 0 Å². The summed E-state index contributed by atoms with van der Waals surface area (Å²) >= 11 is 0. The number of benzene rings is 1. The van der Waals surface area contributed by atoms with Gasteiger partial charge in [-0.05, 0) is 25.0 Å². The van der Waals surface area contributed by atoms with Gasteiger partial charge in [0.15, 0.2) is 0 Å². The van der Waals surface area contributed by atoms with Gasteiger partial charge in [0.05, 0.1) is 13.2 Å². The molecule has 0 spiro atoms. The fourth-order valence-electron chi connectivity index (χ4n) is 2.33. The fraction of sp³-hybridized carbons (Fsp3) is 0.571. The third kappa shape index (κ3) is 8.62. The van der Waals surface area contributed by atoms with Crippen LogP contribution in [0.4, 0.5) is 0 Å². The molecule has 1 aromatic carbocycles. The van der Waals surface area contributed by atoms with Gasteiger partial charge in [-0.25, -0.2) is 0 Å². The second-order valence-electron chi connectivity index (χ2n) is 5.83. The van der Waals surface area contributed by atoms with E-state index in [0.717, 1.165) is 24.8 Å². The number of nitrogens with zero attached hydrogens (tertiary/aromatic N) is 1. The van der Waals surface area contributed by atoms with Gasteiger partial charge in [0, 0.05) is 11.6 Å². The number of ether oxygens (including phenoxy) is 2. The molecule has 0 aliphatic heterocycles. The topological polar surface area (TPSA) is 42.2 Å². The van der Waals surface area contributed by atoms with E-state index < -0.39 is 0 Å². The Bertz CT molecular complexity index is 517. The number of allylic oxidation sites excluding steroid dienone is 1. The van der Waals surface area contributed by atoms with Crippen molar-refractivity contribution in [2.24, 2.45) is 0 Å². The molecule has 3 heteroatoms. The van der Waals surface area contributed by atoms with Crippen LogP contribution in [0.3, 0.4) is 0 Å². The molecule has 0 saturated heterocycles. The van der Waals surface area contributed by atoms with Gasteiger partial charge < -0.3 is 9.47 Å². The molecular weight excluding hydrogens is 298 g/mol. The highest BCUT2D eigenvalue weighted by Gasteiger charge is 2.06. The zero-order chi connectivity index (χ0) is 17.5. The van der Waals surface area contributed by atoms with Gasteiger partial charge in [-0.1, -0.05) is 58.4 Å². The minimum atomic E-state index is 0.485. The minimum Gasteiger partial charge on any atom is -0.493 e. The van der Waals surface area contributed by atoms with Gasteiger partial charge in [-0.15, -0.1) is 0 Å². The first-order valence-electron chi connectivity index (χ1n) is 9.11. The highest BCUT2D eigenvalue weighted by molar-refractivity contribution is 5.61. The Hall–Kier alpha value is -1.95. The van der Waals surface area contributed by atoms with Crippen LogP contribution in [-0.4, -0.2) is 13.2 Å². The molecule has 130 valence electrons. The Kier molecular flexibility index (Phi) is 11.3. The maximum absolute atomic E-state index is 8.93. The summed E-state index contributed by atoms with van der Waals surface area (Å²) in [6.07, 6.45) is 11.9. The largest absolute Gasteiger partial charge is 0.493 e. The summed E-state index contributed by atoms with van der Waals surface area (Å²) in [5.41, 5.74) is 0.814. The Morgan fingerprint density at radius 1 is 1.04 bits per heavy atom. The molecule has 1 rings (SSSR count). The molecule has 0 aromatic heterocycles. The van der Waals surface area contributed by atoms with Crippen LogP contribution >= 0.6 is 0 Å². The van der Waals surface area contributed by atoms with Gasteiger partial charge in [0.1, 0.15) is 23.7 Å². The molecule has 0 aliphatic rings. The van der Waals surface area contributed by atoms with Crippen molar-refractivity contribution in [2.45, 2.75) is 65.2 Å². The molecule has 0 amide bonds. The Labute approximate surface area is 147 Å². The average molecular weight is 327 g/mol. The normalized spacial score (nSPS) is 11.1. The van der Waals surface area contributed by atoms with Crippen molar-refractivity contribution in [3.8, 4) is 11.8 Å². The van der Waals surface area contributed by atoms with Crippen molar-refractivity contribution in [3.05, 3.63) is 35.9 Å². The summed E-state index contributed by atoms with van der Waals surface area (Å²) in [7, 11) is 0. The highest BCUT2D eigenvalue weighted by atomic mass is 16.5. The number of hydrogen-bond donors (Lipinski definition) is 0. The maximum Gasteiger partial charge on any atom is 0.145 e. The van der Waals surface area contributed by atoms with Gasteiger partial charge >= 0.3 is 0 Å². The van der Waals surface area contributed by atoms with Crippen molar-refractivity contribution >= 4 is 5.76 Å². The second-order valence-corrected chi connectivity index (χ2v) is 5.83. The lowest BCUT2D eigenvalue weighted by molar-refractivity contribution is 0.265. The summed E-state index contributed by atoms with van der Waals surface area (Å²) in [5.74, 6) is 1.18. The quantitative estimate of drug-likeness (QED) is 0.265. The van der Waals surface area contributed by atoms with E-state index in [2.05, 4.69) is 26.0 Å². The van der Waals surface area contributed by atoms with E-state index >= 15 is 0 Å². The smallest absolute Gasteiger partial charge is 0.145 e. The lowest BCUT2D eigenvalue weighted by atomic mass is 10.1. The summed E-state index contributed by atoms with van der Waals surface area (Å²) in [6.45, 7) is 5.68. The van der Waals surface area contributed by atoms with Crippen molar-refractivity contribution in [1.29, 1.82) is 5.26 Å². The van der Waals surface area contributed by atoms with Crippen molar-refractivity contribution in [1.82, 2.24) is 0 Å². The van der Waals surface area contributed by atoms with Crippen LogP contribution < -0.4 is 4.74 Å². The molecule has 2 radical (unpaired) electrons. The zero-order valence-corrected chi connectivity index (χ0v) is 15.1. The van der Waals surface area contributed by atoms with E-state index in [9.17, 15) is 0 Å². The lowest BCUT2D eigenvalue weighted by Crippen LogP contribution is -1.99. The molecule has 0 bridgehead atoms. The van der Waals surface area contributed by atoms with E-state index in [1.807, 2.05) is 18.2 Å². The Morgan fingerprint density at radius 2 is 1.75 bits per heavy atom. The van der Waals surface area contributed by atoms with Gasteiger partial charge in [-0.2, -0.15) is 5.26 Å². The number of rotatable bonds is 13. The Balaban J connectivity index is 2.53. The molecule has 3 nitrogen and oxygen atoms in total. The fourth-order valence-corrected chi connectivity index (χ4v) is 2.33. The monoisotopic (exact) mass is 327 g/mol. The third-order valence-electron chi connectivity index (χ3n) is 3.71. The minimum absolute atomic E-state index is 0.485. The summed E-state index contributed by atoms with van der Waals surface area (Å²) in [5, 5.41) is 8.93. The number of hydrogen-bond acceptors (Lipinski definition) is 3. The van der Waals surface area contributed by atoms with Crippen LogP contribution in [0.15, 0.2) is 18.2 Å². The molecule has 0 aliphatic carbocycles. The molecule has 0 heterocycles. The van der Waals surface area contributed by atoms with Gasteiger partial charge in [0.25, 0.3) is 0 Å². The first-order chi connectivity index (χ1) is 11.8. The van der Waals surface area contributed by atoms with E-state index in [4.69, 9.17) is 14.7 Å². The van der Waals surface area contributed by atoms with E-state index in [1.165, 1.54) is 32.1 Å². The molecule has 0 fully saturated rings. The van der Waals surface area contributed by atoms with Crippen molar-refractivity contribution in [2.75, 3.05) is 13.2 Å². The molecule has 0 saturated carbocycles.